The van der Waals surface area contributed by atoms with E-state index in [0.29, 0.717) is 45.1 Å². The molecule has 7 nitrogen and oxygen atoms in total. The molecule has 0 aromatic heterocycles. The molecule has 2 aliphatic heterocycles. The molecule has 4 rings (SSSR count). The fourth-order valence-corrected chi connectivity index (χ4v) is 4.88. The maximum atomic E-state index is 13.1. The van der Waals surface area contributed by atoms with Crippen LogP contribution in [0.4, 0.5) is 5.69 Å². The van der Waals surface area contributed by atoms with Crippen molar-refractivity contribution >= 4 is 29.4 Å². The number of hydrogen-bond donors (Lipinski definition) is 2. The molecule has 1 saturated heterocycles. The summed E-state index contributed by atoms with van der Waals surface area (Å²) in [6.07, 6.45) is 4.93. The molecule has 2 fully saturated rings. The van der Waals surface area contributed by atoms with E-state index < -0.39 is 5.97 Å². The van der Waals surface area contributed by atoms with Crippen LogP contribution in [-0.4, -0.2) is 35.3 Å². The fraction of sp³-hybridized carbons (Fsp3) is 0.545. The minimum atomic E-state index is -0.764. The molecule has 7 heteroatoms. The highest BCUT2D eigenvalue weighted by Gasteiger charge is 2.34. The number of carboxylic acid groups (broad SMARTS) is 1. The quantitative estimate of drug-likeness (QED) is 0.761. The lowest BCUT2D eigenvalue weighted by Gasteiger charge is -2.35. The van der Waals surface area contributed by atoms with Gasteiger partial charge in [-0.2, -0.15) is 0 Å². The Hall–Kier alpha value is -2.70. The number of aliphatic carboxylic acids is 1. The molecule has 1 aliphatic carbocycles. The highest BCUT2D eigenvalue weighted by atomic mass is 16.4. The van der Waals surface area contributed by atoms with Crippen molar-refractivity contribution in [2.45, 2.75) is 57.3 Å². The van der Waals surface area contributed by atoms with Crippen molar-refractivity contribution in [3.8, 4) is 0 Å². The number of fused-ring (bicyclic) bond motifs is 1. The Kier molecular flexibility index (Phi) is 5.39. The number of imide groups is 1. The Labute approximate surface area is 169 Å². The van der Waals surface area contributed by atoms with Crippen LogP contribution in [0.5, 0.6) is 0 Å². The van der Waals surface area contributed by atoms with Gasteiger partial charge in [0.1, 0.15) is 0 Å². The highest BCUT2D eigenvalue weighted by Crippen LogP contribution is 2.36. The van der Waals surface area contributed by atoms with Gasteiger partial charge in [-0.05, 0) is 62.1 Å². The molecule has 3 amide bonds. The molecule has 29 heavy (non-hydrogen) atoms. The average Bonchev–Trinajstić information content (AvgIpc) is 2.72. The van der Waals surface area contributed by atoms with Gasteiger partial charge in [0.25, 0.3) is 0 Å². The number of benzene rings is 1. The van der Waals surface area contributed by atoms with Gasteiger partial charge in [0.2, 0.25) is 17.7 Å². The zero-order chi connectivity index (χ0) is 20.5. The summed E-state index contributed by atoms with van der Waals surface area (Å²) < 4.78 is 0. The molecule has 0 spiro atoms. The molecular formula is C22H26N2O5. The minimum Gasteiger partial charge on any atom is -0.481 e. The third-order valence-electron chi connectivity index (χ3n) is 6.56. The van der Waals surface area contributed by atoms with Crippen molar-refractivity contribution < 1.29 is 24.3 Å². The van der Waals surface area contributed by atoms with E-state index in [2.05, 4.69) is 5.32 Å². The number of carboxylic acids is 1. The van der Waals surface area contributed by atoms with E-state index >= 15 is 0 Å². The molecule has 1 atom stereocenters. The number of hydrogen-bond acceptors (Lipinski definition) is 4. The Bertz CT molecular complexity index is 857. The van der Waals surface area contributed by atoms with Gasteiger partial charge in [0, 0.05) is 24.6 Å². The first-order chi connectivity index (χ1) is 13.9. The summed E-state index contributed by atoms with van der Waals surface area (Å²) in [5, 5.41) is 11.6. The first-order valence-corrected chi connectivity index (χ1v) is 10.4. The lowest BCUT2D eigenvalue weighted by Crippen LogP contribution is -2.41. The maximum absolute atomic E-state index is 13.1. The van der Waals surface area contributed by atoms with Crippen LogP contribution in [0.25, 0.3) is 0 Å². The van der Waals surface area contributed by atoms with Crippen molar-refractivity contribution in [2.75, 3.05) is 11.4 Å². The normalized spacial score (nSPS) is 27.2. The average molecular weight is 398 g/mol. The minimum absolute atomic E-state index is 0.0866. The van der Waals surface area contributed by atoms with E-state index in [1.807, 2.05) is 23.1 Å². The largest absolute Gasteiger partial charge is 0.481 e. The summed E-state index contributed by atoms with van der Waals surface area (Å²) in [6.45, 7) is 0.669. The van der Waals surface area contributed by atoms with Gasteiger partial charge in [-0.3, -0.25) is 24.5 Å². The van der Waals surface area contributed by atoms with Gasteiger partial charge >= 0.3 is 5.97 Å². The summed E-state index contributed by atoms with van der Waals surface area (Å²) >= 11 is 0. The molecule has 3 aliphatic rings. The van der Waals surface area contributed by atoms with Crippen LogP contribution in [0.15, 0.2) is 18.2 Å². The third kappa shape index (κ3) is 3.91. The number of nitrogens with one attached hydrogen (secondary N) is 1. The van der Waals surface area contributed by atoms with Crippen molar-refractivity contribution in [1.29, 1.82) is 0 Å². The fourth-order valence-electron chi connectivity index (χ4n) is 4.88. The van der Waals surface area contributed by atoms with Crippen LogP contribution in [0.2, 0.25) is 0 Å². The van der Waals surface area contributed by atoms with Crippen molar-refractivity contribution in [1.82, 2.24) is 5.32 Å². The second-order valence-corrected chi connectivity index (χ2v) is 8.37. The number of anilines is 1. The number of amides is 3. The van der Waals surface area contributed by atoms with E-state index in [1.165, 1.54) is 0 Å². The monoisotopic (exact) mass is 398 g/mol. The molecule has 1 saturated carbocycles. The molecule has 0 bridgehead atoms. The van der Waals surface area contributed by atoms with Gasteiger partial charge < -0.3 is 10.0 Å². The van der Waals surface area contributed by atoms with Crippen LogP contribution >= 0.6 is 0 Å². The number of aryl methyl sites for hydroxylation is 1. The lowest BCUT2D eigenvalue weighted by atomic mass is 9.81. The van der Waals surface area contributed by atoms with Crippen molar-refractivity contribution in [2.24, 2.45) is 11.8 Å². The van der Waals surface area contributed by atoms with E-state index in [4.69, 9.17) is 5.11 Å². The van der Waals surface area contributed by atoms with E-state index in [0.717, 1.165) is 29.7 Å². The molecule has 154 valence electrons. The third-order valence-corrected chi connectivity index (χ3v) is 6.56. The van der Waals surface area contributed by atoms with Crippen LogP contribution in [0.3, 0.4) is 0 Å². The predicted molar refractivity (Wildman–Crippen MR) is 105 cm³/mol. The Morgan fingerprint density at radius 3 is 2.41 bits per heavy atom. The second-order valence-electron chi connectivity index (χ2n) is 8.37. The van der Waals surface area contributed by atoms with E-state index in [9.17, 15) is 19.2 Å². The SMILES string of the molecule is O=C1CC[C@H](c2ccc3c(c2)CCCN3C(=O)C2CCC(C(=O)O)CC2)C(=O)N1. The Morgan fingerprint density at radius 2 is 1.72 bits per heavy atom. The first-order valence-electron chi connectivity index (χ1n) is 10.4. The summed E-state index contributed by atoms with van der Waals surface area (Å²) in [5.74, 6) is -1.92. The Balaban J connectivity index is 1.50. The predicted octanol–water partition coefficient (Wildman–Crippen LogP) is 2.38. The van der Waals surface area contributed by atoms with Gasteiger partial charge in [-0.25, -0.2) is 0 Å². The number of rotatable bonds is 3. The van der Waals surface area contributed by atoms with Crippen LogP contribution in [-0.2, 0) is 25.6 Å². The van der Waals surface area contributed by atoms with Gasteiger partial charge in [0.15, 0.2) is 0 Å². The van der Waals surface area contributed by atoms with Gasteiger partial charge in [-0.15, -0.1) is 0 Å². The maximum Gasteiger partial charge on any atom is 0.306 e. The van der Waals surface area contributed by atoms with Crippen LogP contribution in [0.1, 0.15) is 62.0 Å². The highest BCUT2D eigenvalue weighted by molar-refractivity contribution is 6.01. The van der Waals surface area contributed by atoms with Gasteiger partial charge in [0.05, 0.1) is 11.8 Å². The smallest absolute Gasteiger partial charge is 0.306 e. The topological polar surface area (TPSA) is 104 Å². The molecule has 0 radical (unpaired) electrons. The molecule has 1 aromatic carbocycles. The second kappa shape index (κ2) is 7.97. The van der Waals surface area contributed by atoms with Crippen molar-refractivity contribution in [3.63, 3.8) is 0 Å². The lowest BCUT2D eigenvalue weighted by molar-refractivity contribution is -0.144. The zero-order valence-corrected chi connectivity index (χ0v) is 16.4. The summed E-state index contributed by atoms with van der Waals surface area (Å²) in [6, 6.07) is 5.83. The summed E-state index contributed by atoms with van der Waals surface area (Å²) in [7, 11) is 0. The number of carbonyl (C=O) groups excluding carboxylic acids is 3. The molecular weight excluding hydrogens is 372 g/mol. The van der Waals surface area contributed by atoms with Crippen molar-refractivity contribution in [3.05, 3.63) is 29.3 Å². The summed E-state index contributed by atoms with van der Waals surface area (Å²) in [4.78, 5) is 49.7. The van der Waals surface area contributed by atoms with Crippen LogP contribution in [0, 0.1) is 11.8 Å². The van der Waals surface area contributed by atoms with E-state index in [-0.39, 0.29) is 35.5 Å². The molecule has 0 unspecified atom stereocenters. The molecule has 1 aromatic rings. The summed E-state index contributed by atoms with van der Waals surface area (Å²) in [5.41, 5.74) is 2.86. The van der Waals surface area contributed by atoms with Crippen LogP contribution < -0.4 is 10.2 Å². The molecule has 2 N–H and O–H groups in total. The van der Waals surface area contributed by atoms with Gasteiger partial charge in [-0.1, -0.05) is 12.1 Å². The number of carbonyl (C=O) groups is 4. The zero-order valence-electron chi connectivity index (χ0n) is 16.4. The molecule has 2 heterocycles. The van der Waals surface area contributed by atoms with E-state index in [1.54, 1.807) is 0 Å². The Morgan fingerprint density at radius 1 is 1.00 bits per heavy atom. The first kappa shape index (κ1) is 19.6. The number of piperidine rings is 1. The number of nitrogens with zero attached hydrogens (tertiary/aromatic N) is 1. The standard InChI is InChI=1S/C22H26N2O5/c25-19-10-8-17(20(26)23-19)15-7-9-18-16(12-15)2-1-11-24(18)21(27)13-3-5-14(6-4-13)22(28)29/h7,9,12-14,17H,1-6,8,10-11H2,(H,28,29)(H,23,25,26)/t13?,14?,17-/m1/s1.